The molecule has 0 unspecified atom stereocenters. The molecule has 3 atom stereocenters. The smallest absolute Gasteiger partial charge is 0.164 e. The monoisotopic (exact) mass is 315 g/mol. The lowest BCUT2D eigenvalue weighted by Gasteiger charge is -2.24. The molecule has 3 heterocycles. The van der Waals surface area contributed by atoms with E-state index in [-0.39, 0.29) is 18.4 Å². The highest BCUT2D eigenvalue weighted by Crippen LogP contribution is 2.43. The molecule has 2 aromatic rings. The molecule has 0 N–H and O–H groups in total. The molecule has 0 aliphatic carbocycles. The lowest BCUT2D eigenvalue weighted by atomic mass is 10.1. The van der Waals surface area contributed by atoms with Crippen molar-refractivity contribution in [2.24, 2.45) is 0 Å². The molecular formula is C18H21NO4. The van der Waals surface area contributed by atoms with Crippen molar-refractivity contribution >= 4 is 0 Å². The Kier molecular flexibility index (Phi) is 3.44. The zero-order valence-electron chi connectivity index (χ0n) is 13.6. The minimum absolute atomic E-state index is 0.0352. The molecule has 1 aromatic heterocycles. The summed E-state index contributed by atoms with van der Waals surface area (Å²) >= 11 is 0. The highest BCUT2D eigenvalue weighted by molar-refractivity contribution is 5.67. The van der Waals surface area contributed by atoms with Gasteiger partial charge in [0.15, 0.2) is 12.0 Å². The fourth-order valence-corrected chi connectivity index (χ4v) is 3.45. The van der Waals surface area contributed by atoms with Gasteiger partial charge in [0, 0.05) is 11.8 Å². The standard InChI is InChI=1S/C18H21NO4/c1-18(2)22-14-11-21-17(16(14)23-18)19-10-9-13(20-3)15(19)12-7-5-4-6-8-12/h4-10,14,16-17H,11H2,1-3H3/t14-,16-,17-/m0/s1. The van der Waals surface area contributed by atoms with Crippen LogP contribution in [0.15, 0.2) is 42.6 Å². The summed E-state index contributed by atoms with van der Waals surface area (Å²) in [7, 11) is 1.68. The molecule has 0 bridgehead atoms. The molecule has 0 amide bonds. The lowest BCUT2D eigenvalue weighted by molar-refractivity contribution is -0.183. The van der Waals surface area contributed by atoms with Crippen LogP contribution in [0.1, 0.15) is 20.1 Å². The maximum absolute atomic E-state index is 6.06. The Hall–Kier alpha value is -1.82. The summed E-state index contributed by atoms with van der Waals surface area (Å²) in [6.07, 6.45) is 1.61. The van der Waals surface area contributed by atoms with Crippen LogP contribution in [-0.2, 0) is 14.2 Å². The molecule has 2 aliphatic rings. The maximum Gasteiger partial charge on any atom is 0.164 e. The average Bonchev–Trinajstić information content (AvgIpc) is 3.19. The third kappa shape index (κ3) is 2.45. The zero-order chi connectivity index (χ0) is 16.0. The number of rotatable bonds is 3. The predicted octanol–water partition coefficient (Wildman–Crippen LogP) is 3.21. The minimum atomic E-state index is -0.568. The molecule has 2 aliphatic heterocycles. The van der Waals surface area contributed by atoms with E-state index >= 15 is 0 Å². The highest BCUT2D eigenvalue weighted by atomic mass is 16.8. The molecular weight excluding hydrogens is 294 g/mol. The first-order valence-corrected chi connectivity index (χ1v) is 7.86. The van der Waals surface area contributed by atoms with Crippen molar-refractivity contribution in [1.29, 1.82) is 0 Å². The molecule has 0 spiro atoms. The van der Waals surface area contributed by atoms with Crippen molar-refractivity contribution in [2.45, 2.75) is 38.1 Å². The van der Waals surface area contributed by atoms with Gasteiger partial charge < -0.3 is 23.5 Å². The van der Waals surface area contributed by atoms with Gasteiger partial charge in [0.25, 0.3) is 0 Å². The van der Waals surface area contributed by atoms with Crippen LogP contribution in [0, 0.1) is 0 Å². The number of benzene rings is 1. The first-order valence-electron chi connectivity index (χ1n) is 7.86. The normalized spacial score (nSPS) is 28.7. The molecule has 5 heteroatoms. The Morgan fingerprint density at radius 1 is 1.13 bits per heavy atom. The molecule has 122 valence electrons. The fraction of sp³-hybridized carbons (Fsp3) is 0.444. The second-order valence-corrected chi connectivity index (χ2v) is 6.37. The highest BCUT2D eigenvalue weighted by Gasteiger charge is 2.51. The largest absolute Gasteiger partial charge is 0.494 e. The van der Waals surface area contributed by atoms with Gasteiger partial charge in [-0.2, -0.15) is 0 Å². The molecule has 5 nitrogen and oxygen atoms in total. The van der Waals surface area contributed by atoms with E-state index in [4.69, 9.17) is 18.9 Å². The van der Waals surface area contributed by atoms with E-state index in [1.54, 1.807) is 7.11 Å². The fourth-order valence-electron chi connectivity index (χ4n) is 3.45. The Morgan fingerprint density at radius 2 is 1.91 bits per heavy atom. The van der Waals surface area contributed by atoms with Crippen LogP contribution in [0.2, 0.25) is 0 Å². The van der Waals surface area contributed by atoms with Crippen molar-refractivity contribution < 1.29 is 18.9 Å². The van der Waals surface area contributed by atoms with Crippen molar-refractivity contribution in [3.05, 3.63) is 42.6 Å². The van der Waals surface area contributed by atoms with E-state index < -0.39 is 5.79 Å². The van der Waals surface area contributed by atoms with Crippen LogP contribution in [-0.4, -0.2) is 36.3 Å². The Labute approximate surface area is 135 Å². The number of methoxy groups -OCH3 is 1. The van der Waals surface area contributed by atoms with Crippen molar-refractivity contribution in [3.8, 4) is 17.0 Å². The van der Waals surface area contributed by atoms with Gasteiger partial charge in [-0.15, -0.1) is 0 Å². The zero-order valence-corrected chi connectivity index (χ0v) is 13.6. The van der Waals surface area contributed by atoms with Crippen molar-refractivity contribution in [2.75, 3.05) is 13.7 Å². The van der Waals surface area contributed by atoms with Gasteiger partial charge >= 0.3 is 0 Å². The van der Waals surface area contributed by atoms with E-state index in [1.165, 1.54) is 0 Å². The number of hydrogen-bond donors (Lipinski definition) is 0. The van der Waals surface area contributed by atoms with Crippen LogP contribution in [0.5, 0.6) is 5.75 Å². The Bertz CT molecular complexity index is 694. The summed E-state index contributed by atoms with van der Waals surface area (Å²) in [5.74, 6) is 0.253. The number of fused-ring (bicyclic) bond motifs is 1. The molecule has 0 saturated carbocycles. The summed E-state index contributed by atoms with van der Waals surface area (Å²) in [6, 6.07) is 12.1. The summed E-state index contributed by atoms with van der Waals surface area (Å²) in [6.45, 7) is 4.42. The molecule has 2 saturated heterocycles. The van der Waals surface area contributed by atoms with Gasteiger partial charge in [-0.25, -0.2) is 0 Å². The lowest BCUT2D eigenvalue weighted by Crippen LogP contribution is -2.28. The van der Waals surface area contributed by atoms with E-state index in [0.29, 0.717) is 6.61 Å². The third-order valence-electron chi connectivity index (χ3n) is 4.35. The van der Waals surface area contributed by atoms with Gasteiger partial charge in [0.05, 0.1) is 19.4 Å². The second kappa shape index (κ2) is 5.37. The van der Waals surface area contributed by atoms with Crippen LogP contribution >= 0.6 is 0 Å². The molecule has 23 heavy (non-hydrogen) atoms. The summed E-state index contributed by atoms with van der Waals surface area (Å²) in [5, 5.41) is 0. The number of nitrogens with zero attached hydrogens (tertiary/aromatic N) is 1. The van der Waals surface area contributed by atoms with Crippen LogP contribution in [0.3, 0.4) is 0 Å². The average molecular weight is 315 g/mol. The van der Waals surface area contributed by atoms with E-state index in [0.717, 1.165) is 17.0 Å². The third-order valence-corrected chi connectivity index (χ3v) is 4.35. The minimum Gasteiger partial charge on any atom is -0.494 e. The van der Waals surface area contributed by atoms with Gasteiger partial charge in [0.2, 0.25) is 0 Å². The van der Waals surface area contributed by atoms with Crippen molar-refractivity contribution in [3.63, 3.8) is 0 Å². The molecule has 4 rings (SSSR count). The Morgan fingerprint density at radius 3 is 2.65 bits per heavy atom. The summed E-state index contributed by atoms with van der Waals surface area (Å²) in [5.41, 5.74) is 2.08. The number of ether oxygens (including phenoxy) is 4. The van der Waals surface area contributed by atoms with Crippen LogP contribution < -0.4 is 4.74 Å². The van der Waals surface area contributed by atoms with Crippen LogP contribution in [0.4, 0.5) is 0 Å². The predicted molar refractivity (Wildman–Crippen MR) is 85.2 cm³/mol. The van der Waals surface area contributed by atoms with E-state index in [1.807, 2.05) is 44.3 Å². The summed E-state index contributed by atoms with van der Waals surface area (Å²) in [4.78, 5) is 0. The molecule has 0 radical (unpaired) electrons. The molecule has 2 fully saturated rings. The second-order valence-electron chi connectivity index (χ2n) is 6.37. The number of aromatic nitrogens is 1. The number of hydrogen-bond acceptors (Lipinski definition) is 4. The SMILES string of the molecule is COc1ccn([C@H]2OC[C@@H]3OC(C)(C)O[C@@H]32)c1-c1ccccc1. The van der Waals surface area contributed by atoms with E-state index in [9.17, 15) is 0 Å². The van der Waals surface area contributed by atoms with Gasteiger partial charge in [-0.05, 0) is 19.9 Å². The van der Waals surface area contributed by atoms with Gasteiger partial charge in [-0.3, -0.25) is 0 Å². The van der Waals surface area contributed by atoms with Gasteiger partial charge in [-0.1, -0.05) is 30.3 Å². The maximum atomic E-state index is 6.06. The first kappa shape index (κ1) is 14.8. The Balaban J connectivity index is 1.74. The topological polar surface area (TPSA) is 41.9 Å². The van der Waals surface area contributed by atoms with Gasteiger partial charge in [0.1, 0.15) is 18.0 Å². The molecule has 1 aromatic carbocycles. The quantitative estimate of drug-likeness (QED) is 0.872. The van der Waals surface area contributed by atoms with Crippen molar-refractivity contribution in [1.82, 2.24) is 4.57 Å². The summed E-state index contributed by atoms with van der Waals surface area (Å²) < 4.78 is 25.6. The van der Waals surface area contributed by atoms with E-state index in [2.05, 4.69) is 16.7 Å². The first-order chi connectivity index (χ1) is 11.1. The van der Waals surface area contributed by atoms with Crippen LogP contribution in [0.25, 0.3) is 11.3 Å².